The summed E-state index contributed by atoms with van der Waals surface area (Å²) in [6.07, 6.45) is 7.33. The first-order chi connectivity index (χ1) is 17.0. The molecule has 186 valence electrons. The summed E-state index contributed by atoms with van der Waals surface area (Å²) in [7, 11) is 1.90. The van der Waals surface area contributed by atoms with Crippen molar-refractivity contribution < 1.29 is 4.79 Å². The molecule has 3 aromatic heterocycles. The van der Waals surface area contributed by atoms with E-state index in [9.17, 15) is 4.79 Å². The maximum Gasteiger partial charge on any atom is 0.256 e. The summed E-state index contributed by atoms with van der Waals surface area (Å²) in [6, 6.07) is 8.54. The van der Waals surface area contributed by atoms with E-state index in [1.165, 1.54) is 5.56 Å². The summed E-state index contributed by atoms with van der Waals surface area (Å²) in [5.41, 5.74) is 13.5. The van der Waals surface area contributed by atoms with Gasteiger partial charge < -0.3 is 15.6 Å². The van der Waals surface area contributed by atoms with Gasteiger partial charge >= 0.3 is 0 Å². The fourth-order valence-corrected chi connectivity index (χ4v) is 6.06. The average molecular weight is 502 g/mol. The van der Waals surface area contributed by atoms with Crippen LogP contribution in [0.5, 0.6) is 0 Å². The number of H-pyrrole nitrogens is 1. The Morgan fingerprint density at radius 3 is 2.61 bits per heavy atom. The first-order valence-electron chi connectivity index (χ1n) is 11.9. The first kappa shape index (κ1) is 24.1. The van der Waals surface area contributed by atoms with Crippen molar-refractivity contribution in [3.8, 4) is 22.5 Å². The molecule has 5 rings (SSSR count). The molecule has 0 saturated carbocycles. The summed E-state index contributed by atoms with van der Waals surface area (Å²) in [5.74, 6) is -0.375. The van der Waals surface area contributed by atoms with Crippen LogP contribution in [-0.2, 0) is 11.8 Å². The number of fused-ring (bicyclic) bond motifs is 1. The predicted molar refractivity (Wildman–Crippen MR) is 145 cm³/mol. The lowest BCUT2D eigenvalue weighted by Gasteiger charge is -2.39. The minimum Gasteiger partial charge on any atom is -0.365 e. The van der Waals surface area contributed by atoms with Gasteiger partial charge in [-0.1, -0.05) is 44.7 Å². The molecule has 1 aliphatic rings. The molecule has 0 bridgehead atoms. The predicted octanol–water partition coefficient (Wildman–Crippen LogP) is 5.14. The Hall–Kier alpha value is -3.59. The highest BCUT2D eigenvalue weighted by Gasteiger charge is 2.39. The maximum atomic E-state index is 11.9. The highest BCUT2D eigenvalue weighted by atomic mass is 32.2. The van der Waals surface area contributed by atoms with E-state index in [1.807, 2.05) is 31.7 Å². The van der Waals surface area contributed by atoms with Crippen LogP contribution in [0.15, 0.2) is 54.1 Å². The summed E-state index contributed by atoms with van der Waals surface area (Å²) < 4.78 is 1.78. The third-order valence-electron chi connectivity index (χ3n) is 6.63. The standard InChI is InChI=1S/C27H31N7OS/c1-15-9-17(23-24-21(29-14-30-23)10-20(32-24)18-11-31-33(6)12-18)7-8-19(15)16(2)34-13-22(25(28)35)36-26(34)27(3,4)5/h7-14,16,26,32H,1-6H3,(H2,28,35). The van der Waals surface area contributed by atoms with E-state index in [4.69, 9.17) is 5.73 Å². The Kier molecular flexibility index (Phi) is 5.90. The lowest BCUT2D eigenvalue weighted by atomic mass is 9.92. The van der Waals surface area contributed by atoms with Crippen molar-refractivity contribution in [2.75, 3.05) is 0 Å². The van der Waals surface area contributed by atoms with E-state index < -0.39 is 0 Å². The molecule has 4 aromatic rings. The van der Waals surface area contributed by atoms with Crippen molar-refractivity contribution in [1.82, 2.24) is 29.6 Å². The van der Waals surface area contributed by atoms with Gasteiger partial charge in [0.2, 0.25) is 0 Å². The molecule has 3 N–H and O–H groups in total. The normalized spacial score (nSPS) is 17.0. The van der Waals surface area contributed by atoms with Gasteiger partial charge in [-0.2, -0.15) is 5.10 Å². The number of nitrogens with zero attached hydrogens (tertiary/aromatic N) is 5. The van der Waals surface area contributed by atoms with Gasteiger partial charge in [-0.25, -0.2) is 9.97 Å². The number of carbonyl (C=O) groups is 1. The molecule has 0 saturated heterocycles. The molecule has 2 atom stereocenters. The number of nitrogens with two attached hydrogens (primary N) is 1. The van der Waals surface area contributed by atoms with Crippen LogP contribution in [0.1, 0.15) is 44.9 Å². The van der Waals surface area contributed by atoms with Gasteiger partial charge in [0.05, 0.1) is 44.9 Å². The van der Waals surface area contributed by atoms with Crippen molar-refractivity contribution in [1.29, 1.82) is 0 Å². The number of aryl methyl sites for hydroxylation is 2. The Balaban J connectivity index is 1.50. The number of thioether (sulfide) groups is 1. The summed E-state index contributed by atoms with van der Waals surface area (Å²) in [6.45, 7) is 10.9. The number of nitrogens with one attached hydrogen (secondary N) is 1. The largest absolute Gasteiger partial charge is 0.365 e. The number of carbonyl (C=O) groups excluding carboxylic acids is 1. The summed E-state index contributed by atoms with van der Waals surface area (Å²) in [5, 5.41) is 4.39. The van der Waals surface area contributed by atoms with Crippen LogP contribution < -0.4 is 5.73 Å². The number of amides is 1. The molecule has 36 heavy (non-hydrogen) atoms. The molecule has 9 heteroatoms. The molecule has 0 fully saturated rings. The van der Waals surface area contributed by atoms with E-state index in [0.29, 0.717) is 4.91 Å². The van der Waals surface area contributed by atoms with Gasteiger partial charge in [-0.15, -0.1) is 0 Å². The number of rotatable bonds is 5. The molecule has 2 unspecified atom stereocenters. The molecule has 0 spiro atoms. The van der Waals surface area contributed by atoms with Gasteiger partial charge in [0.15, 0.2) is 0 Å². The number of benzene rings is 1. The van der Waals surface area contributed by atoms with E-state index >= 15 is 0 Å². The fraction of sp³-hybridized carbons (Fsp3) is 0.333. The minimum atomic E-state index is -0.375. The third kappa shape index (κ3) is 4.28. The monoisotopic (exact) mass is 501 g/mol. The molecular formula is C27H31N7OS. The second-order valence-electron chi connectivity index (χ2n) is 10.5. The van der Waals surface area contributed by atoms with Crippen LogP contribution in [0.2, 0.25) is 0 Å². The molecular weight excluding hydrogens is 470 g/mol. The van der Waals surface area contributed by atoms with E-state index in [2.05, 4.69) is 77.8 Å². The van der Waals surface area contributed by atoms with Crippen molar-refractivity contribution in [2.45, 2.75) is 46.0 Å². The first-order valence-corrected chi connectivity index (χ1v) is 12.8. The van der Waals surface area contributed by atoms with Crippen LogP contribution in [0, 0.1) is 12.3 Å². The van der Waals surface area contributed by atoms with Crippen LogP contribution in [-0.4, -0.2) is 40.9 Å². The number of aromatic amines is 1. The second kappa shape index (κ2) is 8.81. The van der Waals surface area contributed by atoms with Crippen molar-refractivity contribution in [3.63, 3.8) is 0 Å². The quantitative estimate of drug-likeness (QED) is 0.392. The zero-order valence-electron chi connectivity index (χ0n) is 21.4. The van der Waals surface area contributed by atoms with Crippen molar-refractivity contribution in [3.05, 3.63) is 65.2 Å². The van der Waals surface area contributed by atoms with E-state index in [0.717, 1.165) is 39.1 Å². The molecule has 0 radical (unpaired) electrons. The molecule has 0 aliphatic carbocycles. The third-order valence-corrected chi connectivity index (χ3v) is 8.37. The number of primary amides is 1. The number of hydrogen-bond donors (Lipinski definition) is 2. The van der Waals surface area contributed by atoms with E-state index in [-0.39, 0.29) is 22.7 Å². The molecule has 1 aromatic carbocycles. The Bertz CT molecular complexity index is 1490. The van der Waals surface area contributed by atoms with Gasteiger partial charge in [0.25, 0.3) is 5.91 Å². The van der Waals surface area contributed by atoms with Crippen LogP contribution in [0.4, 0.5) is 0 Å². The Morgan fingerprint density at radius 1 is 1.19 bits per heavy atom. The van der Waals surface area contributed by atoms with Crippen LogP contribution in [0.25, 0.3) is 33.5 Å². The van der Waals surface area contributed by atoms with Gasteiger partial charge in [-0.05, 0) is 42.5 Å². The topological polar surface area (TPSA) is 106 Å². The lowest BCUT2D eigenvalue weighted by molar-refractivity contribution is -0.113. The van der Waals surface area contributed by atoms with Gasteiger partial charge in [0, 0.05) is 30.6 Å². The van der Waals surface area contributed by atoms with Crippen LogP contribution in [0.3, 0.4) is 0 Å². The Morgan fingerprint density at radius 2 is 1.97 bits per heavy atom. The zero-order chi connectivity index (χ0) is 25.8. The second-order valence-corrected chi connectivity index (χ2v) is 11.6. The number of hydrogen-bond acceptors (Lipinski definition) is 6. The Labute approximate surface area is 215 Å². The zero-order valence-corrected chi connectivity index (χ0v) is 22.2. The van der Waals surface area contributed by atoms with Crippen LogP contribution >= 0.6 is 11.8 Å². The minimum absolute atomic E-state index is 0.0351. The molecule has 1 aliphatic heterocycles. The fourth-order valence-electron chi connectivity index (χ4n) is 4.80. The van der Waals surface area contributed by atoms with Gasteiger partial charge in [0.1, 0.15) is 6.33 Å². The maximum absolute atomic E-state index is 11.9. The molecule has 4 heterocycles. The van der Waals surface area contributed by atoms with Crippen molar-refractivity contribution in [2.24, 2.45) is 18.2 Å². The SMILES string of the molecule is Cc1cc(-c2ncnc3cc(-c4cnn(C)c4)[nH]c23)ccc1C(C)N1C=C(C(N)=O)SC1C(C)(C)C. The molecule has 1 amide bonds. The number of aromatic nitrogens is 5. The molecule has 8 nitrogen and oxygen atoms in total. The smallest absolute Gasteiger partial charge is 0.256 e. The summed E-state index contributed by atoms with van der Waals surface area (Å²) >= 11 is 1.55. The highest BCUT2D eigenvalue weighted by Crippen LogP contribution is 2.46. The average Bonchev–Trinajstić information content (AvgIpc) is 3.55. The van der Waals surface area contributed by atoms with Crippen molar-refractivity contribution >= 4 is 28.7 Å². The highest BCUT2D eigenvalue weighted by molar-refractivity contribution is 8.04. The van der Waals surface area contributed by atoms with E-state index in [1.54, 1.807) is 22.8 Å². The van der Waals surface area contributed by atoms with Gasteiger partial charge in [-0.3, -0.25) is 9.48 Å². The summed E-state index contributed by atoms with van der Waals surface area (Å²) in [4.78, 5) is 27.4. The lowest BCUT2D eigenvalue weighted by Crippen LogP contribution is -2.37.